The maximum atomic E-state index is 8.58. The first-order chi connectivity index (χ1) is 8.22. The van der Waals surface area contributed by atoms with E-state index in [9.17, 15) is 0 Å². The second-order valence-electron chi connectivity index (χ2n) is 3.42. The third kappa shape index (κ3) is 2.41. The number of rotatable bonds is 2. The molecule has 2 rings (SSSR count). The molecule has 17 heavy (non-hydrogen) atoms. The Morgan fingerprint density at radius 1 is 1.41 bits per heavy atom. The van der Waals surface area contributed by atoms with Gasteiger partial charge in [-0.15, -0.1) is 0 Å². The fraction of sp³-hybridized carbons (Fsp3) is 0.0833. The van der Waals surface area contributed by atoms with Crippen LogP contribution in [0.3, 0.4) is 0 Å². The van der Waals surface area contributed by atoms with Crippen LogP contribution in [0.25, 0.3) is 10.2 Å². The van der Waals surface area contributed by atoms with Crippen LogP contribution >= 0.6 is 11.3 Å². The highest BCUT2D eigenvalue weighted by Gasteiger charge is 2.02. The van der Waals surface area contributed by atoms with E-state index in [1.807, 2.05) is 19.1 Å². The molecule has 1 aromatic carbocycles. The van der Waals surface area contributed by atoms with Crippen molar-refractivity contribution < 1.29 is 0 Å². The summed E-state index contributed by atoms with van der Waals surface area (Å²) in [5, 5.41) is 20.7. The van der Waals surface area contributed by atoms with Crippen molar-refractivity contribution in [3.8, 4) is 12.1 Å². The highest BCUT2D eigenvalue weighted by molar-refractivity contribution is 7.22. The van der Waals surface area contributed by atoms with Gasteiger partial charge < -0.3 is 5.32 Å². The Labute approximate surface area is 102 Å². The molecule has 0 spiro atoms. The summed E-state index contributed by atoms with van der Waals surface area (Å²) in [5.41, 5.74) is 2.12. The summed E-state index contributed by atoms with van der Waals surface area (Å²) in [7, 11) is 0. The van der Waals surface area contributed by atoms with Crippen molar-refractivity contribution >= 4 is 26.7 Å². The van der Waals surface area contributed by atoms with Gasteiger partial charge in [0.15, 0.2) is 5.13 Å². The lowest BCUT2D eigenvalue weighted by Gasteiger charge is -1.90. The highest BCUT2D eigenvalue weighted by atomic mass is 32.1. The third-order valence-corrected chi connectivity index (χ3v) is 3.07. The van der Waals surface area contributed by atoms with E-state index in [-0.39, 0.29) is 5.57 Å². The van der Waals surface area contributed by atoms with Crippen molar-refractivity contribution in [2.75, 3.05) is 5.32 Å². The van der Waals surface area contributed by atoms with Crippen LogP contribution in [-0.2, 0) is 0 Å². The van der Waals surface area contributed by atoms with Crippen LogP contribution in [0.4, 0.5) is 5.13 Å². The molecule has 2 aromatic rings. The molecule has 82 valence electrons. The maximum absolute atomic E-state index is 8.58. The summed E-state index contributed by atoms with van der Waals surface area (Å²) in [6.45, 7) is 2.02. The van der Waals surface area contributed by atoms with Crippen molar-refractivity contribution in [2.45, 2.75) is 6.92 Å². The number of nitrogens with zero attached hydrogens (tertiary/aromatic N) is 3. The zero-order valence-corrected chi connectivity index (χ0v) is 9.88. The molecule has 0 radical (unpaired) electrons. The minimum Gasteiger partial charge on any atom is -0.336 e. The average molecular weight is 240 g/mol. The summed E-state index contributed by atoms with van der Waals surface area (Å²) in [4.78, 5) is 4.34. The molecule has 1 N–H and O–H groups in total. The largest absolute Gasteiger partial charge is 0.336 e. The van der Waals surface area contributed by atoms with Crippen LogP contribution in [-0.4, -0.2) is 4.98 Å². The van der Waals surface area contributed by atoms with Crippen molar-refractivity contribution in [3.05, 3.63) is 35.5 Å². The predicted octanol–water partition coefficient (Wildman–Crippen LogP) is 2.95. The van der Waals surface area contributed by atoms with Gasteiger partial charge >= 0.3 is 0 Å². The molecule has 0 bridgehead atoms. The van der Waals surface area contributed by atoms with Crippen molar-refractivity contribution in [2.24, 2.45) is 0 Å². The molecule has 0 fully saturated rings. The van der Waals surface area contributed by atoms with Crippen molar-refractivity contribution in [3.63, 3.8) is 0 Å². The summed E-state index contributed by atoms with van der Waals surface area (Å²) in [6, 6.07) is 9.56. The van der Waals surface area contributed by atoms with Crippen LogP contribution in [0.5, 0.6) is 0 Å². The maximum Gasteiger partial charge on any atom is 0.187 e. The Hall–Kier alpha value is -2.37. The van der Waals surface area contributed by atoms with Gasteiger partial charge in [0, 0.05) is 6.20 Å². The van der Waals surface area contributed by atoms with Gasteiger partial charge in [-0.3, -0.25) is 0 Å². The van der Waals surface area contributed by atoms with E-state index >= 15 is 0 Å². The molecule has 1 heterocycles. The first-order valence-electron chi connectivity index (χ1n) is 4.87. The molecule has 1 aromatic heterocycles. The first-order valence-corrected chi connectivity index (χ1v) is 5.68. The SMILES string of the molecule is Cc1ccc2nc(NC=C(C#N)C#N)sc2c1. The first kappa shape index (κ1) is 11.1. The number of nitriles is 2. The van der Waals surface area contributed by atoms with Crippen LogP contribution < -0.4 is 5.32 Å². The Bertz CT molecular complexity index is 654. The number of thiazole rings is 1. The molecule has 0 saturated heterocycles. The highest BCUT2D eigenvalue weighted by Crippen LogP contribution is 2.26. The number of nitrogens with one attached hydrogen (secondary N) is 1. The standard InChI is InChI=1S/C12H8N4S/c1-8-2-3-10-11(4-8)17-12(16-10)15-7-9(5-13)6-14/h2-4,7H,1H3,(H,15,16). The monoisotopic (exact) mass is 240 g/mol. The van der Waals surface area contributed by atoms with Gasteiger partial charge in [-0.1, -0.05) is 17.4 Å². The van der Waals surface area contributed by atoms with Gasteiger partial charge in [0.25, 0.3) is 0 Å². The summed E-state index contributed by atoms with van der Waals surface area (Å²) < 4.78 is 1.08. The summed E-state index contributed by atoms with van der Waals surface area (Å²) >= 11 is 1.49. The number of hydrogen-bond donors (Lipinski definition) is 1. The van der Waals surface area contributed by atoms with Gasteiger partial charge in [0.2, 0.25) is 0 Å². The quantitative estimate of drug-likeness (QED) is 0.819. The molecule has 5 heteroatoms. The molecular weight excluding hydrogens is 232 g/mol. The predicted molar refractivity (Wildman–Crippen MR) is 67.3 cm³/mol. The van der Waals surface area contributed by atoms with E-state index in [4.69, 9.17) is 10.5 Å². The summed E-state index contributed by atoms with van der Waals surface area (Å²) in [6.07, 6.45) is 1.37. The molecule has 4 nitrogen and oxygen atoms in total. The van der Waals surface area contributed by atoms with Crippen LogP contribution in [0.1, 0.15) is 5.56 Å². The number of aromatic nitrogens is 1. The lowest BCUT2D eigenvalue weighted by atomic mass is 10.2. The minimum atomic E-state index is 0.0282. The Morgan fingerprint density at radius 2 is 2.18 bits per heavy atom. The van der Waals surface area contributed by atoms with E-state index in [0.29, 0.717) is 5.13 Å². The van der Waals surface area contributed by atoms with E-state index in [0.717, 1.165) is 10.2 Å². The number of benzene rings is 1. The zero-order valence-electron chi connectivity index (χ0n) is 9.06. The lowest BCUT2D eigenvalue weighted by molar-refractivity contribution is 1.41. The third-order valence-electron chi connectivity index (χ3n) is 2.12. The van der Waals surface area contributed by atoms with Crippen molar-refractivity contribution in [1.29, 1.82) is 10.5 Å². The van der Waals surface area contributed by atoms with Crippen LogP contribution in [0, 0.1) is 29.6 Å². The van der Waals surface area contributed by atoms with Crippen LogP contribution in [0.2, 0.25) is 0 Å². The number of aryl methyl sites for hydroxylation is 1. The number of anilines is 1. The smallest absolute Gasteiger partial charge is 0.187 e. The van der Waals surface area contributed by atoms with Gasteiger partial charge in [0.05, 0.1) is 10.2 Å². The second kappa shape index (κ2) is 4.65. The normalized spacial score (nSPS) is 9.35. The van der Waals surface area contributed by atoms with Crippen LogP contribution in [0.15, 0.2) is 30.0 Å². The zero-order chi connectivity index (χ0) is 12.3. The van der Waals surface area contributed by atoms with Gasteiger partial charge in [-0.25, -0.2) is 4.98 Å². The van der Waals surface area contributed by atoms with E-state index in [2.05, 4.69) is 16.4 Å². The molecular formula is C12H8N4S. The fourth-order valence-electron chi connectivity index (χ4n) is 1.32. The molecule has 0 aliphatic carbocycles. The minimum absolute atomic E-state index is 0.0282. The average Bonchev–Trinajstić information content (AvgIpc) is 2.72. The van der Waals surface area contributed by atoms with E-state index in [1.165, 1.54) is 23.1 Å². The van der Waals surface area contributed by atoms with E-state index in [1.54, 1.807) is 12.1 Å². The fourth-order valence-corrected chi connectivity index (χ4v) is 2.25. The molecule has 0 unspecified atom stereocenters. The molecule has 0 saturated carbocycles. The second-order valence-corrected chi connectivity index (χ2v) is 4.45. The number of allylic oxidation sites excluding steroid dienone is 1. The number of hydrogen-bond acceptors (Lipinski definition) is 5. The van der Waals surface area contributed by atoms with Gasteiger partial charge in [-0.2, -0.15) is 10.5 Å². The Balaban J connectivity index is 2.30. The lowest BCUT2D eigenvalue weighted by Crippen LogP contribution is -1.88. The van der Waals surface area contributed by atoms with Crippen molar-refractivity contribution in [1.82, 2.24) is 4.98 Å². The molecule has 0 aliphatic rings. The van der Waals surface area contributed by atoms with E-state index < -0.39 is 0 Å². The van der Waals surface area contributed by atoms with Gasteiger partial charge in [0.1, 0.15) is 17.7 Å². The summed E-state index contributed by atoms with van der Waals surface area (Å²) in [5.74, 6) is 0. The Kier molecular flexibility index (Phi) is 3.04. The molecule has 0 amide bonds. The van der Waals surface area contributed by atoms with Gasteiger partial charge in [-0.05, 0) is 24.6 Å². The molecule has 0 aliphatic heterocycles. The topological polar surface area (TPSA) is 72.5 Å². The Morgan fingerprint density at radius 3 is 2.88 bits per heavy atom. The number of fused-ring (bicyclic) bond motifs is 1. The molecule has 0 atom stereocenters.